The van der Waals surface area contributed by atoms with Gasteiger partial charge in [-0.25, -0.2) is 0 Å². The number of nitrogens with two attached hydrogens (primary N) is 1. The molecule has 0 fully saturated rings. The number of carbonyl (C=O) groups excluding carboxylic acids is 2. The van der Waals surface area contributed by atoms with Crippen LogP contribution < -0.4 is 11.1 Å². The molecule has 1 aromatic heterocycles. The minimum absolute atomic E-state index is 0.333. The average molecular weight is 336 g/mol. The number of carboxylic acids is 1. The van der Waals surface area contributed by atoms with Crippen molar-refractivity contribution in [1.29, 1.82) is 0 Å². The van der Waals surface area contributed by atoms with Crippen molar-refractivity contribution in [3.63, 3.8) is 0 Å². The summed E-state index contributed by atoms with van der Waals surface area (Å²) in [5, 5.41) is 12.4. The summed E-state index contributed by atoms with van der Waals surface area (Å²) in [6.07, 6.45) is 4.94. The number of amides is 2. The van der Waals surface area contributed by atoms with Crippen LogP contribution in [0.25, 0.3) is 0 Å². The molecular formula is C16H20N2O4S. The molecule has 0 spiro atoms. The Morgan fingerprint density at radius 1 is 1.30 bits per heavy atom. The van der Waals surface area contributed by atoms with E-state index in [0.717, 1.165) is 10.4 Å². The highest BCUT2D eigenvalue weighted by atomic mass is 32.1. The van der Waals surface area contributed by atoms with Crippen molar-refractivity contribution >= 4 is 34.1 Å². The number of nitrogens with one attached hydrogen (secondary N) is 1. The number of allylic oxidation sites excluding steroid dienone is 2. The summed E-state index contributed by atoms with van der Waals surface area (Å²) in [5.41, 5.74) is 6.61. The van der Waals surface area contributed by atoms with Gasteiger partial charge in [-0.1, -0.05) is 19.1 Å². The molecule has 6 nitrogen and oxygen atoms in total. The van der Waals surface area contributed by atoms with E-state index in [2.05, 4.69) is 5.32 Å². The van der Waals surface area contributed by atoms with Crippen LogP contribution in [0, 0.1) is 18.8 Å². The van der Waals surface area contributed by atoms with E-state index in [1.54, 1.807) is 6.08 Å². The van der Waals surface area contributed by atoms with Crippen molar-refractivity contribution in [2.75, 3.05) is 5.32 Å². The van der Waals surface area contributed by atoms with Crippen LogP contribution in [0.15, 0.2) is 12.2 Å². The molecule has 2 rings (SSSR count). The summed E-state index contributed by atoms with van der Waals surface area (Å²) in [6, 6.07) is 0. The van der Waals surface area contributed by atoms with Gasteiger partial charge in [-0.2, -0.15) is 0 Å². The number of thiophene rings is 1. The molecule has 0 bridgehead atoms. The Balaban J connectivity index is 2.28. The lowest BCUT2D eigenvalue weighted by atomic mass is 9.82. The SMILES string of the molecule is CCc1c(C)sc(NC(=O)[C@H]2CC=CC[C@@H]2C(=O)O)c1C(N)=O. The molecule has 2 atom stereocenters. The van der Waals surface area contributed by atoms with Crippen LogP contribution in [0.2, 0.25) is 0 Å². The van der Waals surface area contributed by atoms with Gasteiger partial charge in [-0.05, 0) is 31.7 Å². The summed E-state index contributed by atoms with van der Waals surface area (Å²) < 4.78 is 0. The number of aryl methyl sites for hydroxylation is 1. The quantitative estimate of drug-likeness (QED) is 0.717. The molecule has 0 aromatic carbocycles. The van der Waals surface area contributed by atoms with E-state index in [1.165, 1.54) is 11.3 Å². The van der Waals surface area contributed by atoms with Gasteiger partial charge in [-0.15, -0.1) is 11.3 Å². The minimum Gasteiger partial charge on any atom is -0.481 e. The van der Waals surface area contributed by atoms with Crippen LogP contribution in [-0.2, 0) is 16.0 Å². The van der Waals surface area contributed by atoms with Gasteiger partial charge in [0.1, 0.15) is 5.00 Å². The second-order valence-electron chi connectivity index (χ2n) is 5.54. The van der Waals surface area contributed by atoms with E-state index >= 15 is 0 Å². The van der Waals surface area contributed by atoms with Crippen LogP contribution in [0.5, 0.6) is 0 Å². The Morgan fingerprint density at radius 2 is 1.91 bits per heavy atom. The second-order valence-corrected chi connectivity index (χ2v) is 6.77. The number of primary amides is 1. The summed E-state index contributed by atoms with van der Waals surface area (Å²) >= 11 is 1.30. The van der Waals surface area contributed by atoms with E-state index in [0.29, 0.717) is 29.8 Å². The maximum absolute atomic E-state index is 12.5. The fraction of sp³-hybridized carbons (Fsp3) is 0.438. The van der Waals surface area contributed by atoms with Gasteiger partial charge < -0.3 is 16.2 Å². The van der Waals surface area contributed by atoms with Gasteiger partial charge in [0.05, 0.1) is 17.4 Å². The van der Waals surface area contributed by atoms with Crippen LogP contribution in [-0.4, -0.2) is 22.9 Å². The number of hydrogen-bond donors (Lipinski definition) is 3. The normalized spacial score (nSPS) is 20.3. The zero-order chi connectivity index (χ0) is 17.1. The highest BCUT2D eigenvalue weighted by Crippen LogP contribution is 2.35. The summed E-state index contributed by atoms with van der Waals surface area (Å²) in [5.74, 6) is -3.34. The van der Waals surface area contributed by atoms with Crippen LogP contribution in [0.1, 0.15) is 40.6 Å². The molecule has 1 aromatic rings. The van der Waals surface area contributed by atoms with E-state index in [9.17, 15) is 19.5 Å². The zero-order valence-electron chi connectivity index (χ0n) is 13.1. The van der Waals surface area contributed by atoms with E-state index in [-0.39, 0.29) is 5.91 Å². The molecule has 1 aliphatic carbocycles. The van der Waals surface area contributed by atoms with Crippen molar-refractivity contribution < 1.29 is 19.5 Å². The van der Waals surface area contributed by atoms with E-state index < -0.39 is 23.7 Å². The molecule has 23 heavy (non-hydrogen) atoms. The molecule has 4 N–H and O–H groups in total. The molecule has 2 amide bonds. The predicted octanol–water partition coefficient (Wildman–Crippen LogP) is 2.32. The lowest BCUT2D eigenvalue weighted by Gasteiger charge is -2.24. The predicted molar refractivity (Wildman–Crippen MR) is 88.6 cm³/mol. The molecule has 124 valence electrons. The molecule has 0 saturated carbocycles. The number of carboxylic acid groups (broad SMARTS) is 1. The highest BCUT2D eigenvalue weighted by molar-refractivity contribution is 7.16. The molecule has 1 aliphatic rings. The fourth-order valence-electron chi connectivity index (χ4n) is 2.93. The smallest absolute Gasteiger partial charge is 0.307 e. The number of anilines is 1. The van der Waals surface area contributed by atoms with Crippen molar-refractivity contribution in [3.05, 3.63) is 28.2 Å². The summed E-state index contributed by atoms with van der Waals surface area (Å²) in [4.78, 5) is 36.5. The summed E-state index contributed by atoms with van der Waals surface area (Å²) in [6.45, 7) is 3.79. The lowest BCUT2D eigenvalue weighted by molar-refractivity contribution is -0.146. The topological polar surface area (TPSA) is 109 Å². The Morgan fingerprint density at radius 3 is 2.43 bits per heavy atom. The Labute approximate surface area is 138 Å². The second kappa shape index (κ2) is 6.95. The monoisotopic (exact) mass is 336 g/mol. The molecule has 0 saturated heterocycles. The third-order valence-electron chi connectivity index (χ3n) is 4.13. The largest absolute Gasteiger partial charge is 0.481 e. The van der Waals surface area contributed by atoms with E-state index in [1.807, 2.05) is 19.9 Å². The maximum Gasteiger partial charge on any atom is 0.307 e. The van der Waals surface area contributed by atoms with Crippen molar-refractivity contribution in [1.82, 2.24) is 0 Å². The van der Waals surface area contributed by atoms with Crippen molar-refractivity contribution in [3.8, 4) is 0 Å². The Hall–Kier alpha value is -2.15. The molecule has 1 heterocycles. The van der Waals surface area contributed by atoms with Crippen molar-refractivity contribution in [2.24, 2.45) is 17.6 Å². The van der Waals surface area contributed by atoms with Gasteiger partial charge in [0.15, 0.2) is 0 Å². The Bertz CT molecular complexity index is 678. The standard InChI is InChI=1S/C16H20N2O4S/c1-3-9-8(2)23-15(12(9)13(17)19)18-14(20)10-6-4-5-7-11(10)16(21)22/h4-5,10-11H,3,6-7H2,1-2H3,(H2,17,19)(H,18,20)(H,21,22)/t10-,11-/m0/s1. The van der Waals surface area contributed by atoms with Gasteiger partial charge in [0.2, 0.25) is 5.91 Å². The minimum atomic E-state index is -0.985. The first-order valence-electron chi connectivity index (χ1n) is 7.47. The lowest BCUT2D eigenvalue weighted by Crippen LogP contribution is -2.35. The van der Waals surface area contributed by atoms with Crippen LogP contribution >= 0.6 is 11.3 Å². The first-order valence-corrected chi connectivity index (χ1v) is 8.29. The van der Waals surface area contributed by atoms with Gasteiger partial charge in [0.25, 0.3) is 5.91 Å². The summed E-state index contributed by atoms with van der Waals surface area (Å²) in [7, 11) is 0. The van der Waals surface area contributed by atoms with Crippen LogP contribution in [0.3, 0.4) is 0 Å². The van der Waals surface area contributed by atoms with Gasteiger partial charge in [0, 0.05) is 4.88 Å². The zero-order valence-corrected chi connectivity index (χ0v) is 13.9. The Kier molecular flexibility index (Phi) is 5.20. The maximum atomic E-state index is 12.5. The third kappa shape index (κ3) is 3.44. The average Bonchev–Trinajstić information content (AvgIpc) is 2.82. The van der Waals surface area contributed by atoms with Crippen molar-refractivity contribution in [2.45, 2.75) is 33.1 Å². The molecule has 0 aliphatic heterocycles. The van der Waals surface area contributed by atoms with Gasteiger partial charge in [-0.3, -0.25) is 14.4 Å². The molecule has 0 unspecified atom stereocenters. The number of hydrogen-bond acceptors (Lipinski definition) is 4. The first-order chi connectivity index (χ1) is 10.9. The third-order valence-corrected chi connectivity index (χ3v) is 5.19. The molecule has 7 heteroatoms. The van der Waals surface area contributed by atoms with Gasteiger partial charge >= 0.3 is 5.97 Å². The number of aliphatic carboxylic acids is 1. The number of carbonyl (C=O) groups is 3. The van der Waals surface area contributed by atoms with E-state index in [4.69, 9.17) is 5.73 Å². The fourth-order valence-corrected chi connectivity index (χ4v) is 4.09. The highest BCUT2D eigenvalue weighted by Gasteiger charge is 2.34. The number of rotatable bonds is 5. The first kappa shape index (κ1) is 17.2. The molecule has 0 radical (unpaired) electrons. The van der Waals surface area contributed by atoms with Crippen LogP contribution in [0.4, 0.5) is 5.00 Å². The molecular weight excluding hydrogens is 316 g/mol.